The number of rotatable bonds is 8. The zero-order valence-electron chi connectivity index (χ0n) is 15.5. The fraction of sp³-hybridized carbons (Fsp3) is 0.300. The average molecular weight is 394 g/mol. The zero-order valence-corrected chi connectivity index (χ0v) is 16.3. The standard InChI is InChI=1S/C20H24FN3O2.ClH/c1-3-10-22-11-12-23-19(25)15-9-8-14(2)18(13-15)24-20(26)16-6-4-5-7-17(16)21;/h4-9,13,22H,3,10-12H2,1-2H3,(H,23,25)(H,24,26);1H. The first kappa shape index (κ1) is 22.6. The second kappa shape index (κ2) is 11.3. The first-order valence-corrected chi connectivity index (χ1v) is 8.68. The molecule has 0 aliphatic rings. The van der Waals surface area contributed by atoms with E-state index in [9.17, 15) is 14.0 Å². The number of halogens is 2. The minimum atomic E-state index is -0.587. The Hall–Kier alpha value is -2.44. The number of carbonyl (C=O) groups is 2. The van der Waals surface area contributed by atoms with E-state index in [-0.39, 0.29) is 23.9 Å². The van der Waals surface area contributed by atoms with Crippen LogP contribution in [0.15, 0.2) is 42.5 Å². The van der Waals surface area contributed by atoms with Crippen molar-refractivity contribution in [3.05, 3.63) is 65.0 Å². The van der Waals surface area contributed by atoms with Gasteiger partial charge in [-0.1, -0.05) is 25.1 Å². The fourth-order valence-electron chi connectivity index (χ4n) is 2.40. The van der Waals surface area contributed by atoms with Gasteiger partial charge in [-0.25, -0.2) is 4.39 Å². The second-order valence-corrected chi connectivity index (χ2v) is 5.97. The summed E-state index contributed by atoms with van der Waals surface area (Å²) in [5, 5.41) is 8.70. The lowest BCUT2D eigenvalue weighted by atomic mass is 10.1. The maximum absolute atomic E-state index is 13.7. The Balaban J connectivity index is 0.00000364. The summed E-state index contributed by atoms with van der Waals surface area (Å²) in [6.45, 7) is 6.01. The van der Waals surface area contributed by atoms with Crippen LogP contribution in [0.3, 0.4) is 0 Å². The van der Waals surface area contributed by atoms with Crippen molar-refractivity contribution in [2.45, 2.75) is 20.3 Å². The molecule has 0 saturated heterocycles. The molecule has 0 bridgehead atoms. The molecular weight excluding hydrogens is 369 g/mol. The van der Waals surface area contributed by atoms with Crippen molar-refractivity contribution in [3.8, 4) is 0 Å². The van der Waals surface area contributed by atoms with E-state index >= 15 is 0 Å². The van der Waals surface area contributed by atoms with Crippen LogP contribution in [0.2, 0.25) is 0 Å². The number of benzene rings is 2. The van der Waals surface area contributed by atoms with Crippen LogP contribution in [0.1, 0.15) is 39.6 Å². The number of hydrogen-bond donors (Lipinski definition) is 3. The van der Waals surface area contributed by atoms with Gasteiger partial charge in [-0.3, -0.25) is 9.59 Å². The van der Waals surface area contributed by atoms with Crippen LogP contribution in [-0.4, -0.2) is 31.4 Å². The van der Waals surface area contributed by atoms with Crippen molar-refractivity contribution in [3.63, 3.8) is 0 Å². The van der Waals surface area contributed by atoms with Gasteiger partial charge >= 0.3 is 0 Å². The summed E-state index contributed by atoms with van der Waals surface area (Å²) in [6, 6.07) is 10.8. The predicted molar refractivity (Wildman–Crippen MR) is 108 cm³/mol. The molecule has 7 heteroatoms. The monoisotopic (exact) mass is 393 g/mol. The number of aryl methyl sites for hydroxylation is 1. The van der Waals surface area contributed by atoms with Gasteiger partial charge in [0.15, 0.2) is 0 Å². The van der Waals surface area contributed by atoms with Crippen LogP contribution in [0.25, 0.3) is 0 Å². The molecule has 0 heterocycles. The van der Waals surface area contributed by atoms with Crippen molar-refractivity contribution >= 4 is 29.9 Å². The van der Waals surface area contributed by atoms with E-state index in [0.29, 0.717) is 24.3 Å². The van der Waals surface area contributed by atoms with E-state index in [1.165, 1.54) is 18.2 Å². The van der Waals surface area contributed by atoms with E-state index in [1.54, 1.807) is 24.3 Å². The summed E-state index contributed by atoms with van der Waals surface area (Å²) in [5.74, 6) is -1.35. The maximum atomic E-state index is 13.7. The minimum absolute atomic E-state index is 0. The Morgan fingerprint density at radius 2 is 1.74 bits per heavy atom. The molecule has 2 aromatic carbocycles. The molecule has 27 heavy (non-hydrogen) atoms. The predicted octanol–water partition coefficient (Wildman–Crippen LogP) is 3.54. The van der Waals surface area contributed by atoms with E-state index in [2.05, 4.69) is 22.9 Å². The molecule has 0 aromatic heterocycles. The summed E-state index contributed by atoms with van der Waals surface area (Å²) >= 11 is 0. The summed E-state index contributed by atoms with van der Waals surface area (Å²) in [4.78, 5) is 24.5. The molecule has 2 amide bonds. The molecule has 0 spiro atoms. The van der Waals surface area contributed by atoms with Crippen LogP contribution < -0.4 is 16.0 Å². The highest BCUT2D eigenvalue weighted by Gasteiger charge is 2.14. The number of nitrogens with one attached hydrogen (secondary N) is 3. The third-order valence-electron chi connectivity index (χ3n) is 3.88. The van der Waals surface area contributed by atoms with Crippen LogP contribution >= 0.6 is 12.4 Å². The summed E-state index contributed by atoms with van der Waals surface area (Å²) in [6.07, 6.45) is 1.04. The van der Waals surface area contributed by atoms with E-state index in [4.69, 9.17) is 0 Å². The fourth-order valence-corrected chi connectivity index (χ4v) is 2.40. The summed E-state index contributed by atoms with van der Waals surface area (Å²) < 4.78 is 13.7. The van der Waals surface area contributed by atoms with Gasteiger partial charge < -0.3 is 16.0 Å². The van der Waals surface area contributed by atoms with Crippen molar-refractivity contribution in [2.24, 2.45) is 0 Å². The van der Waals surface area contributed by atoms with Crippen molar-refractivity contribution < 1.29 is 14.0 Å². The van der Waals surface area contributed by atoms with Gasteiger partial charge in [0.1, 0.15) is 5.82 Å². The molecule has 2 aromatic rings. The molecule has 2 rings (SSSR count). The molecular formula is C20H25ClFN3O2. The highest BCUT2D eigenvalue weighted by molar-refractivity contribution is 6.05. The molecule has 0 unspecified atom stereocenters. The largest absolute Gasteiger partial charge is 0.351 e. The molecule has 0 atom stereocenters. The molecule has 0 radical (unpaired) electrons. The smallest absolute Gasteiger partial charge is 0.258 e. The molecule has 146 valence electrons. The quantitative estimate of drug-likeness (QED) is 0.601. The minimum Gasteiger partial charge on any atom is -0.351 e. The van der Waals surface area contributed by atoms with Crippen LogP contribution in [0, 0.1) is 12.7 Å². The topological polar surface area (TPSA) is 70.2 Å². The second-order valence-electron chi connectivity index (χ2n) is 5.97. The maximum Gasteiger partial charge on any atom is 0.258 e. The number of amides is 2. The van der Waals surface area contributed by atoms with Crippen LogP contribution in [0.4, 0.5) is 10.1 Å². The Kier molecular flexibility index (Phi) is 9.47. The number of hydrogen-bond acceptors (Lipinski definition) is 3. The highest BCUT2D eigenvalue weighted by Crippen LogP contribution is 2.19. The van der Waals surface area contributed by atoms with E-state index in [1.807, 2.05) is 6.92 Å². The van der Waals surface area contributed by atoms with Gasteiger partial charge in [0.2, 0.25) is 0 Å². The first-order chi connectivity index (χ1) is 12.5. The van der Waals surface area contributed by atoms with Crippen molar-refractivity contribution in [2.75, 3.05) is 25.0 Å². The summed E-state index contributed by atoms with van der Waals surface area (Å²) in [7, 11) is 0. The van der Waals surface area contributed by atoms with Gasteiger partial charge in [0, 0.05) is 24.3 Å². The summed E-state index contributed by atoms with van der Waals surface area (Å²) in [5.41, 5.74) is 1.67. The van der Waals surface area contributed by atoms with Crippen LogP contribution in [-0.2, 0) is 0 Å². The normalized spacial score (nSPS) is 10.0. The SMILES string of the molecule is CCCNCCNC(=O)c1ccc(C)c(NC(=O)c2ccccc2F)c1.Cl. The molecule has 0 aliphatic carbocycles. The van der Waals surface area contributed by atoms with E-state index < -0.39 is 11.7 Å². The highest BCUT2D eigenvalue weighted by atomic mass is 35.5. The average Bonchev–Trinajstić information content (AvgIpc) is 2.63. The third-order valence-corrected chi connectivity index (χ3v) is 3.88. The van der Waals surface area contributed by atoms with Crippen LogP contribution in [0.5, 0.6) is 0 Å². The Morgan fingerprint density at radius 3 is 2.44 bits per heavy atom. The van der Waals surface area contributed by atoms with Gasteiger partial charge in [-0.05, 0) is 49.7 Å². The third kappa shape index (κ3) is 6.66. The number of carbonyl (C=O) groups excluding carboxylic acids is 2. The molecule has 0 aliphatic heterocycles. The molecule has 3 N–H and O–H groups in total. The molecule has 0 fully saturated rings. The van der Waals surface area contributed by atoms with Crippen molar-refractivity contribution in [1.82, 2.24) is 10.6 Å². The van der Waals surface area contributed by atoms with Gasteiger partial charge in [0.05, 0.1) is 5.56 Å². The Labute approximate surface area is 165 Å². The molecule has 0 saturated carbocycles. The van der Waals surface area contributed by atoms with Gasteiger partial charge in [-0.2, -0.15) is 0 Å². The number of anilines is 1. The lowest BCUT2D eigenvalue weighted by molar-refractivity contribution is 0.0952. The van der Waals surface area contributed by atoms with Crippen molar-refractivity contribution in [1.29, 1.82) is 0 Å². The van der Waals surface area contributed by atoms with Gasteiger partial charge in [0.25, 0.3) is 11.8 Å². The Bertz CT molecular complexity index is 784. The Morgan fingerprint density at radius 1 is 1.00 bits per heavy atom. The lowest BCUT2D eigenvalue weighted by Gasteiger charge is -2.12. The lowest BCUT2D eigenvalue weighted by Crippen LogP contribution is -2.32. The first-order valence-electron chi connectivity index (χ1n) is 8.68. The van der Waals surface area contributed by atoms with E-state index in [0.717, 1.165) is 18.5 Å². The molecule has 5 nitrogen and oxygen atoms in total. The zero-order chi connectivity index (χ0) is 18.9. The van der Waals surface area contributed by atoms with Gasteiger partial charge in [-0.15, -0.1) is 12.4 Å².